The van der Waals surface area contributed by atoms with E-state index in [4.69, 9.17) is 14.2 Å². The Hall–Kier alpha value is -4.00. The van der Waals surface area contributed by atoms with Gasteiger partial charge in [-0.3, -0.25) is 9.59 Å². The second-order valence-electron chi connectivity index (χ2n) is 8.18. The molecule has 176 valence electrons. The van der Waals surface area contributed by atoms with Crippen molar-refractivity contribution in [3.8, 4) is 17.2 Å². The van der Waals surface area contributed by atoms with Crippen LogP contribution in [0.15, 0.2) is 60.7 Å². The Morgan fingerprint density at radius 3 is 2.21 bits per heavy atom. The number of methoxy groups -OCH3 is 3. The number of benzene rings is 3. The third kappa shape index (κ3) is 4.55. The number of carbonyl (C=O) groups is 2. The fourth-order valence-electron chi connectivity index (χ4n) is 4.25. The average Bonchev–Trinajstić information content (AvgIpc) is 3.19. The smallest absolute Gasteiger partial charge is 0.255 e. The minimum Gasteiger partial charge on any atom is -0.493 e. The van der Waals surface area contributed by atoms with Crippen LogP contribution in [-0.4, -0.2) is 38.0 Å². The van der Waals surface area contributed by atoms with Gasteiger partial charge in [-0.05, 0) is 48.4 Å². The van der Waals surface area contributed by atoms with Crippen LogP contribution >= 0.6 is 0 Å². The van der Waals surface area contributed by atoms with Crippen LogP contribution < -0.4 is 19.5 Å². The van der Waals surface area contributed by atoms with E-state index >= 15 is 0 Å². The van der Waals surface area contributed by atoms with Crippen molar-refractivity contribution < 1.29 is 23.8 Å². The van der Waals surface area contributed by atoms with Crippen LogP contribution in [0.1, 0.15) is 39.5 Å². The van der Waals surface area contributed by atoms with E-state index in [1.165, 1.54) is 21.3 Å². The van der Waals surface area contributed by atoms with Gasteiger partial charge in [0.25, 0.3) is 5.91 Å². The van der Waals surface area contributed by atoms with Crippen molar-refractivity contribution >= 4 is 17.5 Å². The van der Waals surface area contributed by atoms with Crippen LogP contribution in [0.2, 0.25) is 0 Å². The van der Waals surface area contributed by atoms with Crippen molar-refractivity contribution in [3.05, 3.63) is 82.9 Å². The minimum atomic E-state index is -0.543. The first-order valence-corrected chi connectivity index (χ1v) is 11.0. The summed E-state index contributed by atoms with van der Waals surface area (Å²) in [6.07, 6.45) is 0.0617. The number of hydrogen-bond donors (Lipinski definition) is 1. The maximum absolute atomic E-state index is 13.3. The van der Waals surface area contributed by atoms with Crippen LogP contribution in [0.4, 0.5) is 5.69 Å². The van der Waals surface area contributed by atoms with Crippen molar-refractivity contribution in [1.82, 2.24) is 4.90 Å². The van der Waals surface area contributed by atoms with Gasteiger partial charge >= 0.3 is 0 Å². The maximum atomic E-state index is 13.3. The van der Waals surface area contributed by atoms with Gasteiger partial charge in [0.15, 0.2) is 11.5 Å². The molecule has 3 aromatic rings. The third-order valence-corrected chi connectivity index (χ3v) is 6.01. The van der Waals surface area contributed by atoms with Gasteiger partial charge in [0.2, 0.25) is 11.7 Å². The van der Waals surface area contributed by atoms with E-state index in [0.29, 0.717) is 35.0 Å². The molecule has 2 amide bonds. The molecule has 1 N–H and O–H groups in total. The van der Waals surface area contributed by atoms with Gasteiger partial charge in [-0.1, -0.05) is 35.9 Å². The Morgan fingerprint density at radius 2 is 1.62 bits per heavy atom. The molecule has 1 aliphatic heterocycles. The molecule has 1 aliphatic rings. The summed E-state index contributed by atoms with van der Waals surface area (Å²) in [5, 5.41) is 2.94. The second-order valence-corrected chi connectivity index (χ2v) is 8.18. The number of aryl methyl sites for hydroxylation is 1. The molecular weight excluding hydrogens is 432 g/mol. The van der Waals surface area contributed by atoms with Crippen molar-refractivity contribution in [2.24, 2.45) is 0 Å². The normalized spacial score (nSPS) is 13.3. The first-order chi connectivity index (χ1) is 16.4. The summed E-state index contributed by atoms with van der Waals surface area (Å²) in [5.41, 5.74) is 4.11. The van der Waals surface area contributed by atoms with Crippen molar-refractivity contribution in [1.29, 1.82) is 0 Å². The molecule has 4 rings (SSSR count). The molecule has 0 aliphatic carbocycles. The summed E-state index contributed by atoms with van der Waals surface area (Å²) < 4.78 is 16.5. The first kappa shape index (κ1) is 23.2. The van der Waals surface area contributed by atoms with E-state index in [1.807, 2.05) is 55.5 Å². The zero-order valence-electron chi connectivity index (χ0n) is 19.8. The van der Waals surface area contributed by atoms with E-state index < -0.39 is 6.04 Å². The summed E-state index contributed by atoms with van der Waals surface area (Å²) in [5.74, 6) is 1.06. The van der Waals surface area contributed by atoms with Gasteiger partial charge in [-0.15, -0.1) is 0 Å². The quantitative estimate of drug-likeness (QED) is 0.525. The van der Waals surface area contributed by atoms with Gasteiger partial charge in [0.05, 0.1) is 33.8 Å². The van der Waals surface area contributed by atoms with Gasteiger partial charge in [0.1, 0.15) is 0 Å². The van der Waals surface area contributed by atoms with E-state index in [9.17, 15) is 9.59 Å². The standard InChI is InChI=1S/C27H28N2O5/c1-17-9-11-20(12-10-17)28-25(30)15-22(29-16-18-7-5-6-8-21(18)27(29)31)19-13-23(32-2)26(34-4)24(14-19)33-3/h5-14,22H,15-16H2,1-4H3,(H,28,30)/t22-/m1/s1. The summed E-state index contributed by atoms with van der Waals surface area (Å²) in [6.45, 7) is 2.40. The number of carbonyl (C=O) groups excluding carboxylic acids is 2. The number of nitrogens with one attached hydrogen (secondary N) is 1. The summed E-state index contributed by atoms with van der Waals surface area (Å²) in [7, 11) is 4.61. The highest BCUT2D eigenvalue weighted by Crippen LogP contribution is 2.43. The molecule has 34 heavy (non-hydrogen) atoms. The third-order valence-electron chi connectivity index (χ3n) is 6.01. The summed E-state index contributed by atoms with van der Waals surface area (Å²) in [6, 6.07) is 18.1. The Balaban J connectivity index is 1.71. The zero-order valence-corrected chi connectivity index (χ0v) is 19.8. The van der Waals surface area contributed by atoms with Crippen molar-refractivity contribution in [2.45, 2.75) is 25.9 Å². The minimum absolute atomic E-state index is 0.0617. The van der Waals surface area contributed by atoms with Crippen LogP contribution in [0.25, 0.3) is 0 Å². The van der Waals surface area contributed by atoms with Gasteiger partial charge < -0.3 is 24.4 Å². The van der Waals surface area contributed by atoms with E-state index in [-0.39, 0.29) is 18.2 Å². The zero-order chi connectivity index (χ0) is 24.2. The van der Waals surface area contributed by atoms with Crippen molar-refractivity contribution in [3.63, 3.8) is 0 Å². The molecule has 1 heterocycles. The lowest BCUT2D eigenvalue weighted by molar-refractivity contribution is -0.117. The van der Waals surface area contributed by atoms with E-state index in [2.05, 4.69) is 5.32 Å². The second kappa shape index (κ2) is 9.87. The molecule has 7 heteroatoms. The SMILES string of the molecule is COc1cc([C@@H](CC(=O)Nc2ccc(C)cc2)N2Cc3ccccc3C2=O)cc(OC)c1OC. The van der Waals surface area contributed by atoms with Gasteiger partial charge in [-0.25, -0.2) is 0 Å². The topological polar surface area (TPSA) is 77.1 Å². The predicted molar refractivity (Wildman–Crippen MR) is 130 cm³/mol. The Labute approximate surface area is 199 Å². The fraction of sp³-hybridized carbons (Fsp3) is 0.259. The summed E-state index contributed by atoms with van der Waals surface area (Å²) >= 11 is 0. The monoisotopic (exact) mass is 460 g/mol. The molecule has 0 fully saturated rings. The van der Waals surface area contributed by atoms with Crippen LogP contribution in [-0.2, 0) is 11.3 Å². The number of nitrogens with zero attached hydrogens (tertiary/aromatic N) is 1. The fourth-order valence-corrected chi connectivity index (χ4v) is 4.25. The van der Waals surface area contributed by atoms with Gasteiger partial charge in [-0.2, -0.15) is 0 Å². The average molecular weight is 461 g/mol. The molecule has 0 saturated carbocycles. The Bertz CT molecular complexity index is 1180. The highest BCUT2D eigenvalue weighted by Gasteiger charge is 2.35. The van der Waals surface area contributed by atoms with E-state index in [1.54, 1.807) is 17.0 Å². The number of rotatable bonds is 8. The van der Waals surface area contributed by atoms with Crippen molar-refractivity contribution in [2.75, 3.05) is 26.6 Å². The predicted octanol–water partition coefficient (Wildman–Crippen LogP) is 4.75. The molecule has 0 bridgehead atoms. The lowest BCUT2D eigenvalue weighted by Gasteiger charge is -2.29. The highest BCUT2D eigenvalue weighted by molar-refractivity contribution is 5.99. The lowest BCUT2D eigenvalue weighted by atomic mass is 10.00. The molecular formula is C27H28N2O5. The Morgan fingerprint density at radius 1 is 0.971 bits per heavy atom. The Kier molecular flexibility index (Phi) is 6.72. The molecule has 0 saturated heterocycles. The number of fused-ring (bicyclic) bond motifs is 1. The largest absolute Gasteiger partial charge is 0.493 e. The molecule has 0 radical (unpaired) electrons. The molecule has 0 spiro atoms. The maximum Gasteiger partial charge on any atom is 0.255 e. The van der Waals surface area contributed by atoms with Gasteiger partial charge in [0, 0.05) is 17.8 Å². The first-order valence-electron chi connectivity index (χ1n) is 11.0. The van der Waals surface area contributed by atoms with E-state index in [0.717, 1.165) is 16.7 Å². The molecule has 7 nitrogen and oxygen atoms in total. The van der Waals surface area contributed by atoms with Crippen LogP contribution in [0.5, 0.6) is 17.2 Å². The highest BCUT2D eigenvalue weighted by atomic mass is 16.5. The number of amides is 2. The summed E-state index contributed by atoms with van der Waals surface area (Å²) in [4.78, 5) is 28.2. The number of anilines is 1. The molecule has 3 aromatic carbocycles. The van der Waals surface area contributed by atoms with Crippen LogP contribution in [0, 0.1) is 6.92 Å². The molecule has 0 aromatic heterocycles. The van der Waals surface area contributed by atoms with Crippen LogP contribution in [0.3, 0.4) is 0 Å². The number of ether oxygens (including phenoxy) is 3. The molecule has 0 unspecified atom stereocenters. The lowest BCUT2D eigenvalue weighted by Crippen LogP contribution is -2.32. The molecule has 1 atom stereocenters. The number of hydrogen-bond acceptors (Lipinski definition) is 5.